The largest absolute Gasteiger partial charge is 0.339 e. The molecule has 0 atom stereocenters. The summed E-state index contributed by atoms with van der Waals surface area (Å²) in [5, 5.41) is 16.9. The molecule has 0 aliphatic carbocycles. The summed E-state index contributed by atoms with van der Waals surface area (Å²) >= 11 is 0. The summed E-state index contributed by atoms with van der Waals surface area (Å²) in [6.45, 7) is 3.62. The first-order valence-corrected chi connectivity index (χ1v) is 7.62. The third-order valence-corrected chi connectivity index (χ3v) is 3.43. The number of hydrogen-bond donors (Lipinski definition) is 2. The molecule has 0 saturated carbocycles. The molecule has 2 aromatic heterocycles. The summed E-state index contributed by atoms with van der Waals surface area (Å²) in [4.78, 5) is 11.7. The molecule has 2 heterocycles. The minimum atomic E-state index is -2.76. The van der Waals surface area contributed by atoms with Crippen LogP contribution in [0.5, 0.6) is 0 Å². The van der Waals surface area contributed by atoms with Crippen LogP contribution in [0.2, 0.25) is 0 Å². The van der Waals surface area contributed by atoms with Crippen molar-refractivity contribution in [1.82, 2.24) is 19.8 Å². The van der Waals surface area contributed by atoms with Crippen LogP contribution in [0.3, 0.4) is 0 Å². The Balaban J connectivity index is 1.77. The third kappa shape index (κ3) is 3.70. The number of carbonyl (C=O) groups is 1. The fraction of sp³-hybridized carbons (Fsp3) is 0.250. The van der Waals surface area contributed by atoms with Gasteiger partial charge in [0.2, 0.25) is 11.7 Å². The number of anilines is 3. The van der Waals surface area contributed by atoms with Crippen molar-refractivity contribution in [2.75, 3.05) is 10.6 Å². The molecule has 1 aromatic carbocycles. The Morgan fingerprint density at radius 3 is 2.36 bits per heavy atom. The zero-order valence-electron chi connectivity index (χ0n) is 13.6. The molecule has 0 spiro atoms. The van der Waals surface area contributed by atoms with E-state index in [0.29, 0.717) is 17.2 Å². The second-order valence-corrected chi connectivity index (χ2v) is 5.69. The molecule has 9 heteroatoms. The van der Waals surface area contributed by atoms with E-state index in [-0.39, 0.29) is 17.5 Å². The Morgan fingerprint density at radius 2 is 1.72 bits per heavy atom. The maximum Gasteiger partial charge on any atom is 0.299 e. The van der Waals surface area contributed by atoms with Gasteiger partial charge in [-0.3, -0.25) is 4.79 Å². The predicted octanol–water partition coefficient (Wildman–Crippen LogP) is 3.40. The van der Waals surface area contributed by atoms with Crippen LogP contribution in [0.15, 0.2) is 36.4 Å². The quantitative estimate of drug-likeness (QED) is 0.740. The summed E-state index contributed by atoms with van der Waals surface area (Å²) in [6.07, 6.45) is -2.76. The maximum absolute atomic E-state index is 12.9. The highest BCUT2D eigenvalue weighted by Gasteiger charge is 2.17. The highest BCUT2D eigenvalue weighted by atomic mass is 19.3. The van der Waals surface area contributed by atoms with E-state index >= 15 is 0 Å². The lowest BCUT2D eigenvalue weighted by atomic mass is 10.2. The van der Waals surface area contributed by atoms with Gasteiger partial charge in [0.25, 0.3) is 6.43 Å². The molecule has 0 aliphatic heterocycles. The van der Waals surface area contributed by atoms with E-state index in [1.807, 2.05) is 13.8 Å². The molecule has 0 saturated heterocycles. The van der Waals surface area contributed by atoms with Crippen LogP contribution in [-0.4, -0.2) is 25.7 Å². The Kier molecular flexibility index (Phi) is 4.55. The number of amides is 1. The van der Waals surface area contributed by atoms with Gasteiger partial charge in [0.15, 0.2) is 11.5 Å². The van der Waals surface area contributed by atoms with E-state index in [4.69, 9.17) is 0 Å². The van der Waals surface area contributed by atoms with Gasteiger partial charge >= 0.3 is 0 Å². The molecule has 0 fully saturated rings. The van der Waals surface area contributed by atoms with Crippen LogP contribution in [0.4, 0.5) is 26.0 Å². The summed E-state index contributed by atoms with van der Waals surface area (Å²) in [6, 6.07) is 10.2. The molecule has 0 aliphatic rings. The van der Waals surface area contributed by atoms with E-state index in [1.165, 1.54) is 0 Å². The monoisotopic (exact) mass is 346 g/mol. The van der Waals surface area contributed by atoms with Crippen LogP contribution >= 0.6 is 0 Å². The summed E-state index contributed by atoms with van der Waals surface area (Å²) in [5.41, 5.74) is 1.61. The third-order valence-electron chi connectivity index (χ3n) is 3.43. The highest BCUT2D eigenvalue weighted by molar-refractivity contribution is 5.92. The number of aromatic nitrogens is 4. The predicted molar refractivity (Wildman–Crippen MR) is 88.9 cm³/mol. The molecule has 0 radical (unpaired) electrons. The van der Waals surface area contributed by atoms with E-state index < -0.39 is 12.2 Å². The Bertz CT molecular complexity index is 891. The molecule has 1 amide bonds. The van der Waals surface area contributed by atoms with Crippen molar-refractivity contribution in [3.63, 3.8) is 0 Å². The van der Waals surface area contributed by atoms with Crippen molar-refractivity contribution in [2.45, 2.75) is 20.3 Å². The Hall–Kier alpha value is -3.10. The van der Waals surface area contributed by atoms with Crippen molar-refractivity contribution >= 4 is 28.7 Å². The lowest BCUT2D eigenvalue weighted by Crippen LogP contribution is -2.17. The number of nitrogens with one attached hydrogen (secondary N) is 2. The normalized spacial score (nSPS) is 11.3. The number of rotatable bonds is 5. The second kappa shape index (κ2) is 6.80. The van der Waals surface area contributed by atoms with Crippen molar-refractivity contribution in [3.8, 4) is 0 Å². The van der Waals surface area contributed by atoms with Gasteiger partial charge in [-0.2, -0.15) is 4.52 Å². The van der Waals surface area contributed by atoms with Gasteiger partial charge in [0.1, 0.15) is 0 Å². The second-order valence-electron chi connectivity index (χ2n) is 5.69. The number of benzene rings is 1. The van der Waals surface area contributed by atoms with Gasteiger partial charge in [-0.15, -0.1) is 15.3 Å². The van der Waals surface area contributed by atoms with Crippen molar-refractivity contribution in [1.29, 1.82) is 0 Å². The van der Waals surface area contributed by atoms with E-state index in [2.05, 4.69) is 25.9 Å². The van der Waals surface area contributed by atoms with Crippen LogP contribution in [0, 0.1) is 5.92 Å². The lowest BCUT2D eigenvalue weighted by Gasteiger charge is -2.09. The van der Waals surface area contributed by atoms with Crippen LogP contribution in [0.1, 0.15) is 26.1 Å². The molecular formula is C16H16F2N6O. The molecule has 130 valence electrons. The topological polar surface area (TPSA) is 84.2 Å². The number of carbonyl (C=O) groups excluding carboxylic acids is 1. The van der Waals surface area contributed by atoms with Gasteiger partial charge in [-0.05, 0) is 36.4 Å². The van der Waals surface area contributed by atoms with Crippen LogP contribution < -0.4 is 10.6 Å². The average molecular weight is 346 g/mol. The summed E-state index contributed by atoms with van der Waals surface area (Å²) in [7, 11) is 0. The minimum Gasteiger partial charge on any atom is -0.339 e. The Labute approximate surface area is 142 Å². The maximum atomic E-state index is 12.9. The fourth-order valence-electron chi connectivity index (χ4n) is 2.08. The van der Waals surface area contributed by atoms with Gasteiger partial charge in [0.05, 0.1) is 0 Å². The first-order valence-electron chi connectivity index (χ1n) is 7.62. The zero-order chi connectivity index (χ0) is 18.0. The van der Waals surface area contributed by atoms with Crippen LogP contribution in [0.25, 0.3) is 5.65 Å². The van der Waals surface area contributed by atoms with Gasteiger partial charge in [-0.25, -0.2) is 8.78 Å². The summed E-state index contributed by atoms with van der Waals surface area (Å²) < 4.78 is 26.8. The van der Waals surface area contributed by atoms with E-state index in [9.17, 15) is 13.6 Å². The molecule has 3 rings (SSSR count). The molecule has 3 aromatic rings. The molecule has 2 N–H and O–H groups in total. The zero-order valence-corrected chi connectivity index (χ0v) is 13.6. The molecule has 7 nitrogen and oxygen atoms in total. The number of fused-ring (bicyclic) bond motifs is 1. The number of halogens is 2. The minimum absolute atomic E-state index is 0.0695. The Morgan fingerprint density at radius 1 is 1.04 bits per heavy atom. The fourth-order valence-corrected chi connectivity index (χ4v) is 2.08. The first-order chi connectivity index (χ1) is 11.9. The number of alkyl halides is 2. The van der Waals surface area contributed by atoms with Gasteiger partial charge in [0, 0.05) is 17.3 Å². The van der Waals surface area contributed by atoms with Gasteiger partial charge in [-0.1, -0.05) is 13.8 Å². The molecule has 0 bridgehead atoms. The number of hydrogen-bond acceptors (Lipinski definition) is 5. The average Bonchev–Trinajstić information content (AvgIpc) is 3.00. The lowest BCUT2D eigenvalue weighted by molar-refractivity contribution is -0.118. The molecule has 0 unspecified atom stereocenters. The van der Waals surface area contributed by atoms with Crippen LogP contribution in [-0.2, 0) is 4.79 Å². The SMILES string of the molecule is CC(C)C(=O)Nc1ccc(Nc2ccc3nnc(C(F)F)n3n2)cc1. The summed E-state index contributed by atoms with van der Waals surface area (Å²) in [5.74, 6) is -0.319. The smallest absolute Gasteiger partial charge is 0.299 e. The molecule has 25 heavy (non-hydrogen) atoms. The van der Waals surface area contributed by atoms with E-state index in [0.717, 1.165) is 4.52 Å². The van der Waals surface area contributed by atoms with E-state index in [1.54, 1.807) is 36.4 Å². The van der Waals surface area contributed by atoms with Crippen molar-refractivity contribution in [2.24, 2.45) is 5.92 Å². The highest BCUT2D eigenvalue weighted by Crippen LogP contribution is 2.20. The van der Waals surface area contributed by atoms with Crippen molar-refractivity contribution in [3.05, 3.63) is 42.2 Å². The van der Waals surface area contributed by atoms with Gasteiger partial charge < -0.3 is 10.6 Å². The van der Waals surface area contributed by atoms with Crippen molar-refractivity contribution < 1.29 is 13.6 Å². The molecular weight excluding hydrogens is 330 g/mol. The first kappa shape index (κ1) is 16.7. The number of nitrogens with zero attached hydrogens (tertiary/aromatic N) is 4. The standard InChI is InChI=1S/C16H16F2N6O/c1-9(2)16(25)20-11-5-3-10(4-6-11)19-12-7-8-13-21-22-15(14(17)18)24(13)23-12/h3-9,14H,1-2H3,(H,19,23)(H,20,25).